The average molecular weight is 341 g/mol. The average Bonchev–Trinajstić information content (AvgIpc) is 1.98. The second-order valence-electron chi connectivity index (χ2n) is 4.76. The first-order chi connectivity index (χ1) is 5.33. The molecule has 4 aliphatic carbocycles. The third-order valence-corrected chi connectivity index (χ3v) is 7.19. The van der Waals surface area contributed by atoms with Crippen LogP contribution in [0.1, 0.15) is 32.1 Å². The molecule has 4 saturated carbocycles. The molecule has 0 amide bonds. The van der Waals surface area contributed by atoms with E-state index in [0.717, 1.165) is 23.7 Å². The maximum atomic E-state index is 2.01. The normalized spacial score (nSPS) is 53.6. The van der Waals surface area contributed by atoms with Crippen molar-refractivity contribution >= 4 is 28.3 Å². The van der Waals surface area contributed by atoms with E-state index >= 15 is 0 Å². The number of rotatable bonds is 0. The van der Waals surface area contributed by atoms with E-state index in [2.05, 4.69) is 0 Å². The van der Waals surface area contributed by atoms with Gasteiger partial charge in [0.2, 0.25) is 0 Å². The molecule has 4 fully saturated rings. The fourth-order valence-corrected chi connectivity index (χ4v) is 5.52. The summed E-state index contributed by atoms with van der Waals surface area (Å²) in [6.45, 7) is 0. The van der Waals surface area contributed by atoms with Crippen LogP contribution in [-0.2, 0) is 0 Å². The van der Waals surface area contributed by atoms with Crippen LogP contribution >= 0.6 is 0 Å². The number of hydrogen-bond acceptors (Lipinski definition) is 0. The Morgan fingerprint density at radius 2 is 1.27 bits per heavy atom. The first-order valence-electron chi connectivity index (χ1n) is 4.91. The predicted octanol–water partition coefficient (Wildman–Crippen LogP) is 1.78. The van der Waals surface area contributed by atoms with E-state index in [1.165, 1.54) is 25.3 Å². The standard InChI is InChI=1S/C10H14.Pb/c1-7-2-9-4-8(1)5-10(3-7)6-9;/h7-10H,1-5H2;. The summed E-state index contributed by atoms with van der Waals surface area (Å²) in [7, 11) is 0. The van der Waals surface area contributed by atoms with Gasteiger partial charge in [-0.2, -0.15) is 0 Å². The van der Waals surface area contributed by atoms with Crippen molar-refractivity contribution in [2.75, 3.05) is 0 Å². The molecule has 0 aromatic heterocycles. The number of hydrogen-bond donors (Lipinski definition) is 0. The fraction of sp³-hybridized carbons (Fsp3) is 0.900. The van der Waals surface area contributed by atoms with Crippen LogP contribution < -0.4 is 0 Å². The quantitative estimate of drug-likeness (QED) is 0.589. The molecule has 0 N–H and O–H groups in total. The summed E-state index contributed by atoms with van der Waals surface area (Å²) < 4.78 is 2.01. The van der Waals surface area contributed by atoms with Crippen molar-refractivity contribution < 1.29 is 0 Å². The van der Waals surface area contributed by atoms with Crippen LogP contribution in [0.3, 0.4) is 0 Å². The van der Waals surface area contributed by atoms with Gasteiger partial charge in [-0.1, -0.05) is 0 Å². The molecule has 0 aromatic carbocycles. The molecule has 0 unspecified atom stereocenters. The third-order valence-electron chi connectivity index (χ3n) is 4.02. The topological polar surface area (TPSA) is 0 Å². The van der Waals surface area contributed by atoms with E-state index < -0.39 is 0 Å². The van der Waals surface area contributed by atoms with Gasteiger partial charge < -0.3 is 0 Å². The Kier molecular flexibility index (Phi) is 1.57. The zero-order valence-electron chi connectivity index (χ0n) is 6.84. The Bertz CT molecular complexity index is 177. The van der Waals surface area contributed by atoms with Gasteiger partial charge in [-0.05, 0) is 0 Å². The van der Waals surface area contributed by atoms with Gasteiger partial charge in [0.1, 0.15) is 0 Å². The van der Waals surface area contributed by atoms with Gasteiger partial charge in [-0.3, -0.25) is 0 Å². The second-order valence-corrected chi connectivity index (χ2v) is 7.00. The van der Waals surface area contributed by atoms with Crippen molar-refractivity contribution in [2.45, 2.75) is 32.1 Å². The molecule has 0 heterocycles. The SMILES string of the molecule is [Pb]=[C]1C2CC3CC(C2)CC1C3. The summed E-state index contributed by atoms with van der Waals surface area (Å²) in [6.07, 6.45) is 7.96. The second kappa shape index (κ2) is 2.39. The molecular weight excluding hydrogens is 327 g/mol. The van der Waals surface area contributed by atoms with Crippen molar-refractivity contribution in [3.05, 3.63) is 0 Å². The molecule has 2 radical (unpaired) electrons. The minimum absolute atomic E-state index is 1.12. The molecule has 11 heavy (non-hydrogen) atoms. The molecular formula is C10H14Pb. The van der Waals surface area contributed by atoms with Crippen LogP contribution in [0.5, 0.6) is 0 Å². The van der Waals surface area contributed by atoms with E-state index in [4.69, 9.17) is 0 Å². The van der Waals surface area contributed by atoms with E-state index in [1.54, 1.807) is 32.1 Å². The van der Waals surface area contributed by atoms with Gasteiger partial charge in [0.25, 0.3) is 0 Å². The summed E-state index contributed by atoms with van der Waals surface area (Å²) in [5.74, 6) is 4.57. The summed E-state index contributed by atoms with van der Waals surface area (Å²) in [5, 5.41) is 0. The van der Waals surface area contributed by atoms with Gasteiger partial charge in [0, 0.05) is 0 Å². The zero-order valence-corrected chi connectivity index (χ0v) is 10.7. The van der Waals surface area contributed by atoms with Crippen LogP contribution in [0.15, 0.2) is 0 Å². The Hall–Kier alpha value is 0.792. The van der Waals surface area contributed by atoms with E-state index in [9.17, 15) is 0 Å². The molecule has 0 atom stereocenters. The van der Waals surface area contributed by atoms with Gasteiger partial charge in [-0.25, -0.2) is 0 Å². The zero-order chi connectivity index (χ0) is 7.42. The van der Waals surface area contributed by atoms with E-state index in [1.807, 2.05) is 3.06 Å². The van der Waals surface area contributed by atoms with Crippen molar-refractivity contribution in [1.29, 1.82) is 0 Å². The van der Waals surface area contributed by atoms with E-state index in [0.29, 0.717) is 0 Å². The Morgan fingerprint density at radius 3 is 1.73 bits per heavy atom. The van der Waals surface area contributed by atoms with Crippen LogP contribution in [0.4, 0.5) is 0 Å². The molecule has 4 bridgehead atoms. The van der Waals surface area contributed by atoms with Crippen molar-refractivity contribution in [2.24, 2.45) is 23.7 Å². The van der Waals surface area contributed by atoms with Crippen molar-refractivity contribution in [3.8, 4) is 0 Å². The molecule has 58 valence electrons. The molecule has 0 nitrogen and oxygen atoms in total. The van der Waals surface area contributed by atoms with Gasteiger partial charge in [-0.15, -0.1) is 0 Å². The van der Waals surface area contributed by atoms with Crippen LogP contribution in [-0.4, -0.2) is 28.3 Å². The molecule has 1 heteroatoms. The van der Waals surface area contributed by atoms with Crippen molar-refractivity contribution in [3.63, 3.8) is 0 Å². The van der Waals surface area contributed by atoms with E-state index in [-0.39, 0.29) is 0 Å². The van der Waals surface area contributed by atoms with Crippen LogP contribution in [0.2, 0.25) is 0 Å². The Morgan fingerprint density at radius 1 is 0.818 bits per heavy atom. The summed E-state index contributed by atoms with van der Waals surface area (Å²) >= 11 is 1.41. The molecule has 0 saturated heterocycles. The van der Waals surface area contributed by atoms with Crippen LogP contribution in [0.25, 0.3) is 0 Å². The Balaban J connectivity index is 1.96. The first-order valence-corrected chi connectivity index (χ1v) is 6.85. The molecule has 0 aromatic rings. The third kappa shape index (κ3) is 1.01. The van der Waals surface area contributed by atoms with Gasteiger partial charge >= 0.3 is 84.1 Å². The minimum atomic E-state index is 1.12. The van der Waals surface area contributed by atoms with Crippen molar-refractivity contribution in [1.82, 2.24) is 0 Å². The maximum absolute atomic E-state index is 2.01. The summed E-state index contributed by atoms with van der Waals surface area (Å²) in [4.78, 5) is 0. The Labute approximate surface area is 83.9 Å². The monoisotopic (exact) mass is 342 g/mol. The molecule has 0 aliphatic heterocycles. The fourth-order valence-electron chi connectivity index (χ4n) is 3.69. The first kappa shape index (κ1) is 7.22. The summed E-state index contributed by atoms with van der Waals surface area (Å²) in [5.41, 5.74) is 0. The van der Waals surface area contributed by atoms with Crippen LogP contribution in [0, 0.1) is 23.7 Å². The molecule has 4 rings (SSSR count). The summed E-state index contributed by atoms with van der Waals surface area (Å²) in [6, 6.07) is 0. The predicted molar refractivity (Wildman–Crippen MR) is 47.8 cm³/mol. The molecule has 4 aliphatic rings. The molecule has 0 spiro atoms. The van der Waals surface area contributed by atoms with Gasteiger partial charge in [0.05, 0.1) is 0 Å². The van der Waals surface area contributed by atoms with Gasteiger partial charge in [0.15, 0.2) is 0 Å².